The fraction of sp³-hybridized carbons (Fsp3) is 0.385. The summed E-state index contributed by atoms with van der Waals surface area (Å²) in [5.74, 6) is -1.12. The predicted octanol–water partition coefficient (Wildman–Crippen LogP) is 2.35. The van der Waals surface area contributed by atoms with Gasteiger partial charge in [-0.1, -0.05) is 23.2 Å². The van der Waals surface area contributed by atoms with Crippen LogP contribution in [0.4, 0.5) is 0 Å². The zero-order valence-corrected chi connectivity index (χ0v) is 11.9. The fourth-order valence-electron chi connectivity index (χ4n) is 1.79. The summed E-state index contributed by atoms with van der Waals surface area (Å²) in [6.07, 6.45) is 1.64. The SMILES string of the molecule is O=C(COc1cc(Cl)cc(Cl)c1)NC(C(=O)O)C1CC1. The number of hydrogen-bond donors (Lipinski definition) is 2. The first-order valence-corrected chi connectivity index (χ1v) is 6.82. The first-order valence-electron chi connectivity index (χ1n) is 6.07. The molecule has 1 fully saturated rings. The molecule has 0 radical (unpaired) electrons. The van der Waals surface area contributed by atoms with Gasteiger partial charge in [0.25, 0.3) is 5.91 Å². The molecule has 1 amide bonds. The second-order valence-electron chi connectivity index (χ2n) is 4.61. The first-order chi connectivity index (χ1) is 9.45. The molecule has 0 spiro atoms. The number of carbonyl (C=O) groups excluding carboxylic acids is 1. The second kappa shape index (κ2) is 6.33. The van der Waals surface area contributed by atoms with Crippen molar-refractivity contribution in [2.24, 2.45) is 5.92 Å². The number of carboxylic acids is 1. The van der Waals surface area contributed by atoms with Crippen LogP contribution in [-0.2, 0) is 9.59 Å². The summed E-state index contributed by atoms with van der Waals surface area (Å²) < 4.78 is 5.24. The molecule has 0 aromatic heterocycles. The average Bonchev–Trinajstić information content (AvgIpc) is 3.16. The zero-order valence-electron chi connectivity index (χ0n) is 10.4. The number of carboxylic acid groups (broad SMARTS) is 1. The van der Waals surface area contributed by atoms with Crippen molar-refractivity contribution in [3.05, 3.63) is 28.2 Å². The predicted molar refractivity (Wildman–Crippen MR) is 74.2 cm³/mol. The molecule has 1 aliphatic rings. The molecule has 20 heavy (non-hydrogen) atoms. The molecular weight excluding hydrogens is 305 g/mol. The Kier molecular flexibility index (Phi) is 4.73. The Hall–Kier alpha value is -1.46. The Morgan fingerprint density at radius 2 is 1.90 bits per heavy atom. The summed E-state index contributed by atoms with van der Waals surface area (Å²) in [4.78, 5) is 22.7. The Balaban J connectivity index is 1.86. The van der Waals surface area contributed by atoms with Crippen molar-refractivity contribution < 1.29 is 19.4 Å². The van der Waals surface area contributed by atoms with E-state index in [0.29, 0.717) is 15.8 Å². The van der Waals surface area contributed by atoms with Crippen LogP contribution >= 0.6 is 23.2 Å². The molecule has 0 bridgehead atoms. The Labute approximate surface area is 125 Å². The standard InChI is InChI=1S/C13H13Cl2NO4/c14-8-3-9(15)5-10(4-8)20-6-11(17)16-12(13(18)19)7-1-2-7/h3-5,7,12H,1-2,6H2,(H,16,17)(H,18,19). The number of amides is 1. The van der Waals surface area contributed by atoms with Gasteiger partial charge in [0.15, 0.2) is 6.61 Å². The van der Waals surface area contributed by atoms with Gasteiger partial charge in [-0.05, 0) is 37.0 Å². The van der Waals surface area contributed by atoms with E-state index in [2.05, 4.69) is 5.32 Å². The summed E-state index contributed by atoms with van der Waals surface area (Å²) in [7, 11) is 0. The lowest BCUT2D eigenvalue weighted by Gasteiger charge is -2.14. The van der Waals surface area contributed by atoms with E-state index < -0.39 is 17.9 Å². The van der Waals surface area contributed by atoms with Crippen LogP contribution in [0.5, 0.6) is 5.75 Å². The molecule has 1 atom stereocenters. The van der Waals surface area contributed by atoms with Crippen molar-refractivity contribution in [3.8, 4) is 5.75 Å². The van der Waals surface area contributed by atoms with Crippen LogP contribution in [0.3, 0.4) is 0 Å². The van der Waals surface area contributed by atoms with Crippen molar-refractivity contribution in [1.29, 1.82) is 0 Å². The smallest absolute Gasteiger partial charge is 0.326 e. The van der Waals surface area contributed by atoms with Gasteiger partial charge in [0.05, 0.1) is 0 Å². The minimum absolute atomic E-state index is 0.0251. The number of aliphatic carboxylic acids is 1. The number of ether oxygens (including phenoxy) is 1. The van der Waals surface area contributed by atoms with Crippen LogP contribution in [0, 0.1) is 5.92 Å². The van der Waals surface area contributed by atoms with Gasteiger partial charge < -0.3 is 15.2 Å². The maximum absolute atomic E-state index is 11.7. The maximum atomic E-state index is 11.7. The Morgan fingerprint density at radius 1 is 1.30 bits per heavy atom. The summed E-state index contributed by atoms with van der Waals surface area (Å²) in [5, 5.41) is 12.2. The van der Waals surface area contributed by atoms with Gasteiger partial charge in [-0.15, -0.1) is 0 Å². The highest BCUT2D eigenvalue weighted by Gasteiger charge is 2.37. The number of carbonyl (C=O) groups is 2. The molecule has 5 nitrogen and oxygen atoms in total. The van der Waals surface area contributed by atoms with Gasteiger partial charge in [-0.3, -0.25) is 4.79 Å². The molecule has 1 aromatic rings. The van der Waals surface area contributed by atoms with Gasteiger partial charge >= 0.3 is 5.97 Å². The van der Waals surface area contributed by atoms with Crippen molar-refractivity contribution in [2.75, 3.05) is 6.61 Å². The van der Waals surface area contributed by atoms with Crippen LogP contribution in [0.25, 0.3) is 0 Å². The molecule has 1 unspecified atom stereocenters. The molecule has 1 aromatic carbocycles. The van der Waals surface area contributed by atoms with Gasteiger partial charge in [-0.2, -0.15) is 0 Å². The van der Waals surface area contributed by atoms with Crippen LogP contribution in [0.1, 0.15) is 12.8 Å². The molecular formula is C13H13Cl2NO4. The number of benzene rings is 1. The molecule has 2 N–H and O–H groups in total. The molecule has 2 rings (SSSR count). The van der Waals surface area contributed by atoms with E-state index in [1.54, 1.807) is 6.07 Å². The van der Waals surface area contributed by atoms with E-state index in [1.807, 2.05) is 0 Å². The van der Waals surface area contributed by atoms with Crippen molar-refractivity contribution in [3.63, 3.8) is 0 Å². The average molecular weight is 318 g/mol. The van der Waals surface area contributed by atoms with Gasteiger partial charge in [0.2, 0.25) is 0 Å². The zero-order chi connectivity index (χ0) is 14.7. The monoisotopic (exact) mass is 317 g/mol. The highest BCUT2D eigenvalue weighted by molar-refractivity contribution is 6.34. The summed E-state index contributed by atoms with van der Waals surface area (Å²) in [6.45, 7) is -0.285. The van der Waals surface area contributed by atoms with E-state index in [0.717, 1.165) is 12.8 Å². The molecule has 7 heteroatoms. The lowest BCUT2D eigenvalue weighted by molar-refractivity contribution is -0.142. The van der Waals surface area contributed by atoms with Crippen LogP contribution < -0.4 is 10.1 Å². The fourth-order valence-corrected chi connectivity index (χ4v) is 2.29. The minimum Gasteiger partial charge on any atom is -0.484 e. The molecule has 1 saturated carbocycles. The summed E-state index contributed by atoms with van der Waals surface area (Å²) in [5.41, 5.74) is 0. The highest BCUT2D eigenvalue weighted by atomic mass is 35.5. The topological polar surface area (TPSA) is 75.6 Å². The van der Waals surface area contributed by atoms with E-state index in [1.165, 1.54) is 12.1 Å². The number of rotatable bonds is 6. The second-order valence-corrected chi connectivity index (χ2v) is 5.49. The third-order valence-electron chi connectivity index (χ3n) is 2.88. The molecule has 1 aliphatic carbocycles. The summed E-state index contributed by atoms with van der Waals surface area (Å²) in [6, 6.07) is 3.75. The van der Waals surface area contributed by atoms with Gasteiger partial charge in [0, 0.05) is 10.0 Å². The Morgan fingerprint density at radius 3 is 2.40 bits per heavy atom. The van der Waals surface area contributed by atoms with Crippen molar-refractivity contribution >= 4 is 35.1 Å². The Bertz CT molecular complexity index is 511. The van der Waals surface area contributed by atoms with Crippen LogP contribution in [0.2, 0.25) is 10.0 Å². The molecule has 0 saturated heterocycles. The van der Waals surface area contributed by atoms with E-state index in [9.17, 15) is 9.59 Å². The summed E-state index contributed by atoms with van der Waals surface area (Å²) >= 11 is 11.6. The lowest BCUT2D eigenvalue weighted by atomic mass is 10.2. The first kappa shape index (κ1) is 14.9. The van der Waals surface area contributed by atoms with E-state index in [-0.39, 0.29) is 12.5 Å². The van der Waals surface area contributed by atoms with Gasteiger partial charge in [-0.25, -0.2) is 4.79 Å². The number of hydrogen-bond acceptors (Lipinski definition) is 3. The normalized spacial score (nSPS) is 15.5. The third-order valence-corrected chi connectivity index (χ3v) is 3.32. The molecule has 108 valence electrons. The molecule has 0 aliphatic heterocycles. The number of nitrogens with one attached hydrogen (secondary N) is 1. The van der Waals surface area contributed by atoms with Crippen molar-refractivity contribution in [2.45, 2.75) is 18.9 Å². The van der Waals surface area contributed by atoms with Crippen LogP contribution in [-0.4, -0.2) is 29.6 Å². The van der Waals surface area contributed by atoms with E-state index >= 15 is 0 Å². The van der Waals surface area contributed by atoms with Gasteiger partial charge in [0.1, 0.15) is 11.8 Å². The third kappa shape index (κ3) is 4.28. The minimum atomic E-state index is -1.02. The maximum Gasteiger partial charge on any atom is 0.326 e. The van der Waals surface area contributed by atoms with Crippen molar-refractivity contribution in [1.82, 2.24) is 5.32 Å². The lowest BCUT2D eigenvalue weighted by Crippen LogP contribution is -2.44. The largest absolute Gasteiger partial charge is 0.484 e. The number of halogens is 2. The highest BCUT2D eigenvalue weighted by Crippen LogP contribution is 2.32. The molecule has 0 heterocycles. The van der Waals surface area contributed by atoms with E-state index in [4.69, 9.17) is 33.0 Å². The quantitative estimate of drug-likeness (QED) is 0.844. The van der Waals surface area contributed by atoms with Crippen LogP contribution in [0.15, 0.2) is 18.2 Å².